The highest BCUT2D eigenvalue weighted by Gasteiger charge is 2.41. The van der Waals surface area contributed by atoms with Crippen LogP contribution >= 0.6 is 0 Å². The Balaban J connectivity index is 1.61. The summed E-state index contributed by atoms with van der Waals surface area (Å²) in [7, 11) is 0. The molecule has 2 heterocycles. The molecule has 3 aliphatic rings. The highest BCUT2D eigenvalue weighted by Crippen LogP contribution is 2.34. The zero-order chi connectivity index (χ0) is 13.1. The van der Waals surface area contributed by atoms with Gasteiger partial charge in [-0.3, -0.25) is 4.90 Å². The maximum Gasteiger partial charge on any atom is 0.0506 e. The highest BCUT2D eigenvalue weighted by molar-refractivity contribution is 5.01. The first-order valence-corrected chi connectivity index (χ1v) is 8.38. The molecule has 3 heteroatoms. The van der Waals surface area contributed by atoms with Crippen LogP contribution in [-0.2, 0) is 4.74 Å². The minimum Gasteiger partial charge on any atom is -0.381 e. The van der Waals surface area contributed by atoms with Gasteiger partial charge in [0.2, 0.25) is 0 Å². The number of nitrogens with one attached hydrogen (secondary N) is 1. The molecule has 0 aromatic carbocycles. The van der Waals surface area contributed by atoms with Crippen molar-refractivity contribution in [2.45, 2.75) is 63.5 Å². The summed E-state index contributed by atoms with van der Waals surface area (Å²) >= 11 is 0. The SMILES string of the molecule is CCC1CNC2(CCCC2)CN1CC1CCCOC1. The van der Waals surface area contributed by atoms with Gasteiger partial charge in [0.05, 0.1) is 6.61 Å². The summed E-state index contributed by atoms with van der Waals surface area (Å²) in [6.45, 7) is 8.06. The first-order valence-electron chi connectivity index (χ1n) is 8.38. The second kappa shape index (κ2) is 6.11. The minimum absolute atomic E-state index is 0.460. The molecule has 0 radical (unpaired) electrons. The molecule has 2 unspecified atom stereocenters. The molecule has 2 saturated heterocycles. The molecule has 3 nitrogen and oxygen atoms in total. The molecule has 1 N–H and O–H groups in total. The van der Waals surface area contributed by atoms with E-state index in [1.807, 2.05) is 0 Å². The van der Waals surface area contributed by atoms with Crippen LogP contribution in [0, 0.1) is 5.92 Å². The first kappa shape index (κ1) is 13.8. The zero-order valence-electron chi connectivity index (χ0n) is 12.5. The molecule has 3 rings (SSSR count). The molecular weight excluding hydrogens is 236 g/mol. The quantitative estimate of drug-likeness (QED) is 0.849. The van der Waals surface area contributed by atoms with Crippen LogP contribution in [0.2, 0.25) is 0 Å². The fraction of sp³-hybridized carbons (Fsp3) is 1.00. The van der Waals surface area contributed by atoms with E-state index in [1.54, 1.807) is 0 Å². The van der Waals surface area contributed by atoms with Crippen molar-refractivity contribution < 1.29 is 4.74 Å². The van der Waals surface area contributed by atoms with Crippen LogP contribution in [0.3, 0.4) is 0 Å². The maximum absolute atomic E-state index is 5.67. The number of hydrogen-bond acceptors (Lipinski definition) is 3. The Kier molecular flexibility index (Phi) is 4.45. The van der Waals surface area contributed by atoms with Gasteiger partial charge < -0.3 is 10.1 Å². The fourth-order valence-corrected chi connectivity index (χ4v) is 4.32. The van der Waals surface area contributed by atoms with Gasteiger partial charge >= 0.3 is 0 Å². The molecule has 110 valence electrons. The topological polar surface area (TPSA) is 24.5 Å². The van der Waals surface area contributed by atoms with E-state index in [0.717, 1.165) is 25.2 Å². The average Bonchev–Trinajstić information content (AvgIpc) is 2.88. The number of piperazine rings is 1. The van der Waals surface area contributed by atoms with Crippen molar-refractivity contribution in [2.75, 3.05) is 32.8 Å². The lowest BCUT2D eigenvalue weighted by Gasteiger charge is -2.47. The smallest absolute Gasteiger partial charge is 0.0506 e. The lowest BCUT2D eigenvalue weighted by molar-refractivity contribution is 0.00950. The Morgan fingerprint density at radius 2 is 2.11 bits per heavy atom. The van der Waals surface area contributed by atoms with Crippen molar-refractivity contribution in [3.63, 3.8) is 0 Å². The predicted molar refractivity (Wildman–Crippen MR) is 78.4 cm³/mol. The van der Waals surface area contributed by atoms with Crippen molar-refractivity contribution in [3.8, 4) is 0 Å². The molecule has 2 aliphatic heterocycles. The number of rotatable bonds is 3. The van der Waals surface area contributed by atoms with Crippen LogP contribution in [0.4, 0.5) is 0 Å². The van der Waals surface area contributed by atoms with E-state index in [4.69, 9.17) is 4.74 Å². The summed E-state index contributed by atoms with van der Waals surface area (Å²) < 4.78 is 5.67. The van der Waals surface area contributed by atoms with Crippen molar-refractivity contribution >= 4 is 0 Å². The molecule has 19 heavy (non-hydrogen) atoms. The first-order chi connectivity index (χ1) is 9.31. The summed E-state index contributed by atoms with van der Waals surface area (Å²) in [5.74, 6) is 0.777. The van der Waals surface area contributed by atoms with Gasteiger partial charge in [-0.05, 0) is 38.0 Å². The lowest BCUT2D eigenvalue weighted by Crippen LogP contribution is -2.63. The molecule has 0 bridgehead atoms. The van der Waals surface area contributed by atoms with Crippen LogP contribution in [0.25, 0.3) is 0 Å². The van der Waals surface area contributed by atoms with E-state index in [2.05, 4.69) is 17.1 Å². The Labute approximate surface area is 118 Å². The van der Waals surface area contributed by atoms with Crippen LogP contribution in [-0.4, -0.2) is 49.3 Å². The number of hydrogen-bond donors (Lipinski definition) is 1. The minimum atomic E-state index is 0.460. The van der Waals surface area contributed by atoms with Crippen molar-refractivity contribution in [2.24, 2.45) is 5.92 Å². The molecule has 1 saturated carbocycles. The summed E-state index contributed by atoms with van der Waals surface area (Å²) in [6.07, 6.45) is 9.53. The van der Waals surface area contributed by atoms with Crippen molar-refractivity contribution in [3.05, 3.63) is 0 Å². The average molecular weight is 266 g/mol. The fourth-order valence-electron chi connectivity index (χ4n) is 4.32. The number of nitrogens with zero attached hydrogens (tertiary/aromatic N) is 1. The monoisotopic (exact) mass is 266 g/mol. The van der Waals surface area contributed by atoms with Gasteiger partial charge in [-0.2, -0.15) is 0 Å². The van der Waals surface area contributed by atoms with Crippen molar-refractivity contribution in [1.82, 2.24) is 10.2 Å². The van der Waals surface area contributed by atoms with E-state index < -0.39 is 0 Å². The predicted octanol–water partition coefficient (Wildman–Crippen LogP) is 2.41. The third kappa shape index (κ3) is 3.14. The normalized spacial score (nSPS) is 35.8. The molecular formula is C16H30N2O. The molecule has 3 fully saturated rings. The third-order valence-corrected chi connectivity index (χ3v) is 5.51. The Bertz CT molecular complexity index is 282. The second-order valence-corrected chi connectivity index (χ2v) is 6.94. The van der Waals surface area contributed by atoms with Crippen LogP contribution in [0.1, 0.15) is 51.9 Å². The van der Waals surface area contributed by atoms with Crippen LogP contribution in [0.15, 0.2) is 0 Å². The van der Waals surface area contributed by atoms with Gasteiger partial charge in [-0.25, -0.2) is 0 Å². The Hall–Kier alpha value is -0.120. The van der Waals surface area contributed by atoms with Gasteiger partial charge in [-0.1, -0.05) is 19.8 Å². The van der Waals surface area contributed by atoms with Crippen LogP contribution < -0.4 is 5.32 Å². The molecule has 0 aromatic rings. The summed E-state index contributed by atoms with van der Waals surface area (Å²) in [4.78, 5) is 2.79. The van der Waals surface area contributed by atoms with Gasteiger partial charge in [0.25, 0.3) is 0 Å². The lowest BCUT2D eigenvalue weighted by atomic mass is 9.90. The Morgan fingerprint density at radius 1 is 1.26 bits per heavy atom. The second-order valence-electron chi connectivity index (χ2n) is 6.94. The summed E-state index contributed by atoms with van der Waals surface area (Å²) in [5, 5.41) is 3.89. The van der Waals surface area contributed by atoms with Gasteiger partial charge in [-0.15, -0.1) is 0 Å². The van der Waals surface area contributed by atoms with Crippen molar-refractivity contribution in [1.29, 1.82) is 0 Å². The van der Waals surface area contributed by atoms with Gasteiger partial charge in [0, 0.05) is 37.8 Å². The van der Waals surface area contributed by atoms with Crippen LogP contribution in [0.5, 0.6) is 0 Å². The van der Waals surface area contributed by atoms with E-state index in [1.165, 1.54) is 64.6 Å². The highest BCUT2D eigenvalue weighted by atomic mass is 16.5. The van der Waals surface area contributed by atoms with E-state index in [-0.39, 0.29) is 0 Å². The summed E-state index contributed by atoms with van der Waals surface area (Å²) in [5.41, 5.74) is 0.460. The van der Waals surface area contributed by atoms with E-state index in [9.17, 15) is 0 Å². The number of ether oxygens (including phenoxy) is 1. The molecule has 0 amide bonds. The molecule has 1 spiro atoms. The van der Waals surface area contributed by atoms with Gasteiger partial charge in [0.1, 0.15) is 0 Å². The molecule has 0 aromatic heterocycles. The largest absolute Gasteiger partial charge is 0.381 e. The third-order valence-electron chi connectivity index (χ3n) is 5.51. The Morgan fingerprint density at radius 3 is 2.79 bits per heavy atom. The zero-order valence-corrected chi connectivity index (χ0v) is 12.5. The molecule has 1 aliphatic carbocycles. The summed E-state index contributed by atoms with van der Waals surface area (Å²) in [6, 6.07) is 0.744. The van der Waals surface area contributed by atoms with Gasteiger partial charge in [0.15, 0.2) is 0 Å². The van der Waals surface area contributed by atoms with E-state index >= 15 is 0 Å². The standard InChI is InChI=1S/C16H30N2O/c1-2-15-10-17-16(7-3-4-8-16)13-18(15)11-14-6-5-9-19-12-14/h14-15,17H,2-13H2,1H3. The van der Waals surface area contributed by atoms with E-state index in [0.29, 0.717) is 5.54 Å². The molecule has 2 atom stereocenters. The maximum atomic E-state index is 5.67.